The molecule has 0 bridgehead atoms. The lowest BCUT2D eigenvalue weighted by molar-refractivity contribution is 0.910. The standard InChI is InChI=1S/C5H3N3/c1-2-5-6-4-7-8(5)3-1/h1-2,4H. The molecule has 1 aliphatic rings. The van der Waals surface area contributed by atoms with Crippen molar-refractivity contribution in [2.75, 3.05) is 0 Å². The van der Waals surface area contributed by atoms with Crippen LogP contribution in [-0.2, 0) is 0 Å². The highest BCUT2D eigenvalue weighted by Gasteiger charge is 2.02. The number of rotatable bonds is 0. The third kappa shape index (κ3) is 0.307. The van der Waals surface area contributed by atoms with Gasteiger partial charge in [0.2, 0.25) is 0 Å². The van der Waals surface area contributed by atoms with Crippen molar-refractivity contribution >= 4 is 12.2 Å². The minimum Gasteiger partial charge on any atom is -0.215 e. The van der Waals surface area contributed by atoms with Gasteiger partial charge in [-0.25, -0.2) is 9.99 Å². The Balaban J connectivity index is 2.67. The Bertz CT molecular complexity index is 223. The second kappa shape index (κ2) is 1.12. The molecule has 1 aromatic rings. The van der Waals surface area contributed by atoms with Crippen molar-refractivity contribution in [3.8, 4) is 0 Å². The minimum atomic E-state index is 0.852. The summed E-state index contributed by atoms with van der Waals surface area (Å²) in [7, 11) is 0. The van der Waals surface area contributed by atoms with Gasteiger partial charge in [-0.05, 0) is 12.1 Å². The smallest absolute Gasteiger partial charge is 0.156 e. The summed E-state index contributed by atoms with van der Waals surface area (Å²) in [6, 6.07) is 3.64. The molecule has 0 spiro atoms. The summed E-state index contributed by atoms with van der Waals surface area (Å²) < 4.78 is 1.60. The van der Waals surface area contributed by atoms with Crippen LogP contribution in [-0.4, -0.2) is 11.0 Å². The molecule has 3 heteroatoms. The maximum atomic E-state index is 3.90. The summed E-state index contributed by atoms with van der Waals surface area (Å²) in [6.07, 6.45) is 4.35. The van der Waals surface area contributed by atoms with Crippen LogP contribution >= 0.6 is 0 Å². The fourth-order valence-electron chi connectivity index (χ4n) is 0.646. The lowest BCUT2D eigenvalue weighted by Gasteiger charge is -1.83. The molecule has 2 radical (unpaired) electrons. The van der Waals surface area contributed by atoms with E-state index >= 15 is 0 Å². The summed E-state index contributed by atoms with van der Waals surface area (Å²) in [4.78, 5) is 0. The first kappa shape index (κ1) is 3.72. The van der Waals surface area contributed by atoms with E-state index in [-0.39, 0.29) is 0 Å². The Morgan fingerprint density at radius 1 is 1.62 bits per heavy atom. The van der Waals surface area contributed by atoms with Gasteiger partial charge in [-0.1, -0.05) is 0 Å². The second-order valence-corrected chi connectivity index (χ2v) is 1.49. The van der Waals surface area contributed by atoms with Crippen LogP contribution in [0.3, 0.4) is 0 Å². The molecule has 0 unspecified atom stereocenters. The van der Waals surface area contributed by atoms with Crippen LogP contribution in [0.5, 0.6) is 0 Å². The predicted octanol–water partition coefficient (Wildman–Crippen LogP) is 0.329. The minimum absolute atomic E-state index is 0.852. The third-order valence-corrected chi connectivity index (χ3v) is 1.00. The van der Waals surface area contributed by atoms with Gasteiger partial charge in [0.25, 0.3) is 0 Å². The highest BCUT2D eigenvalue weighted by atomic mass is 15.4. The van der Waals surface area contributed by atoms with E-state index in [1.54, 1.807) is 10.7 Å². The Morgan fingerprint density at radius 2 is 2.62 bits per heavy atom. The molecule has 38 valence electrons. The maximum absolute atomic E-state index is 3.90. The molecule has 0 N–H and O–H groups in total. The summed E-state index contributed by atoms with van der Waals surface area (Å²) in [6.45, 7) is 0. The molecule has 1 aliphatic heterocycles. The number of hydrogen-bond donors (Lipinski definition) is 0. The van der Waals surface area contributed by atoms with Crippen molar-refractivity contribution in [3.63, 3.8) is 0 Å². The molecule has 0 atom stereocenters. The maximum Gasteiger partial charge on any atom is 0.156 e. The van der Waals surface area contributed by atoms with Crippen molar-refractivity contribution in [1.82, 2.24) is 9.99 Å². The second-order valence-electron chi connectivity index (χ2n) is 1.49. The zero-order valence-electron chi connectivity index (χ0n) is 4.07. The summed E-state index contributed by atoms with van der Waals surface area (Å²) >= 11 is 0. The van der Waals surface area contributed by atoms with Gasteiger partial charge >= 0.3 is 0 Å². The predicted molar refractivity (Wildman–Crippen MR) is 29.0 cm³/mol. The average Bonchev–Trinajstić information content (AvgIpc) is 2.15. The topological polar surface area (TPSA) is 31.4 Å². The van der Waals surface area contributed by atoms with E-state index in [0.717, 1.165) is 5.82 Å². The first-order valence-electron chi connectivity index (χ1n) is 2.30. The van der Waals surface area contributed by atoms with Gasteiger partial charge in [-0.3, -0.25) is 0 Å². The van der Waals surface area contributed by atoms with E-state index in [1.165, 1.54) is 6.34 Å². The van der Waals surface area contributed by atoms with E-state index in [1.807, 2.05) is 6.07 Å². The average molecular weight is 105 g/mol. The Hall–Kier alpha value is -1.25. The van der Waals surface area contributed by atoms with Crippen LogP contribution in [0, 0.1) is 6.20 Å². The molecule has 3 nitrogen and oxygen atoms in total. The van der Waals surface area contributed by atoms with Gasteiger partial charge in [-0.15, -0.1) is 0 Å². The monoisotopic (exact) mass is 105 g/mol. The van der Waals surface area contributed by atoms with Crippen LogP contribution < -0.4 is 5.32 Å². The van der Waals surface area contributed by atoms with Crippen LogP contribution in [0.4, 0.5) is 5.82 Å². The largest absolute Gasteiger partial charge is 0.215 e. The Morgan fingerprint density at radius 3 is 3.50 bits per heavy atom. The molecule has 0 aliphatic carbocycles. The molecule has 0 saturated carbocycles. The van der Waals surface area contributed by atoms with Crippen LogP contribution in [0.1, 0.15) is 0 Å². The molecule has 0 saturated heterocycles. The van der Waals surface area contributed by atoms with Crippen LogP contribution in [0.15, 0.2) is 17.2 Å². The highest BCUT2D eigenvalue weighted by Crippen LogP contribution is 2.09. The molecular formula is C5H3N3. The van der Waals surface area contributed by atoms with Gasteiger partial charge in [-0.2, -0.15) is 5.10 Å². The van der Waals surface area contributed by atoms with Crippen molar-refractivity contribution in [1.29, 1.82) is 0 Å². The van der Waals surface area contributed by atoms with Gasteiger partial charge < -0.3 is 0 Å². The summed E-state index contributed by atoms with van der Waals surface area (Å²) in [5.41, 5.74) is 0. The normalized spacial score (nSPS) is 13.5. The van der Waals surface area contributed by atoms with Gasteiger partial charge in [0.05, 0.1) is 6.20 Å². The lowest BCUT2D eigenvalue weighted by atomic mass is 10.6. The van der Waals surface area contributed by atoms with E-state index < -0.39 is 0 Å². The molecule has 0 aromatic carbocycles. The number of hydrogen-bond acceptors (Lipinski definition) is 1. The van der Waals surface area contributed by atoms with Crippen molar-refractivity contribution in [3.05, 3.63) is 18.3 Å². The van der Waals surface area contributed by atoms with Gasteiger partial charge in [0.1, 0.15) is 6.34 Å². The van der Waals surface area contributed by atoms with Gasteiger partial charge in [0.15, 0.2) is 5.82 Å². The molecule has 8 heavy (non-hydrogen) atoms. The van der Waals surface area contributed by atoms with Crippen LogP contribution in [0.2, 0.25) is 0 Å². The Labute approximate surface area is 46.6 Å². The van der Waals surface area contributed by atoms with Gasteiger partial charge in [0, 0.05) is 0 Å². The van der Waals surface area contributed by atoms with E-state index in [9.17, 15) is 0 Å². The molecular weight excluding hydrogens is 102 g/mol. The molecule has 0 fully saturated rings. The first-order chi connectivity index (χ1) is 3.97. The van der Waals surface area contributed by atoms with Crippen molar-refractivity contribution < 1.29 is 0 Å². The molecule has 2 heterocycles. The fraction of sp³-hybridized carbons (Fsp3) is 0. The van der Waals surface area contributed by atoms with E-state index in [0.29, 0.717) is 0 Å². The summed E-state index contributed by atoms with van der Waals surface area (Å²) in [5, 5.41) is 7.73. The number of fused-ring (bicyclic) bond motifs is 1. The molecule has 1 aromatic heterocycles. The summed E-state index contributed by atoms with van der Waals surface area (Å²) in [5.74, 6) is 0.852. The molecule has 0 amide bonds. The van der Waals surface area contributed by atoms with E-state index in [2.05, 4.69) is 16.6 Å². The lowest BCUT2D eigenvalue weighted by Crippen LogP contribution is -1.84. The zero-order chi connectivity index (χ0) is 5.40. The number of aromatic nitrogens is 1. The van der Waals surface area contributed by atoms with Crippen molar-refractivity contribution in [2.45, 2.75) is 0 Å². The molecule has 2 rings (SSSR count). The first-order valence-corrected chi connectivity index (χ1v) is 2.30. The Kier molecular flexibility index (Phi) is 0.521. The fourth-order valence-corrected chi connectivity index (χ4v) is 0.646. The SMILES string of the molecule is [c]1ccc2n1N=C[N]2. The quantitative estimate of drug-likeness (QED) is 0.455. The van der Waals surface area contributed by atoms with Crippen LogP contribution in [0.25, 0.3) is 0 Å². The van der Waals surface area contributed by atoms with E-state index in [4.69, 9.17) is 0 Å². The van der Waals surface area contributed by atoms with Crippen molar-refractivity contribution in [2.24, 2.45) is 5.10 Å². The number of nitrogens with zero attached hydrogens (tertiary/aromatic N) is 3. The highest BCUT2D eigenvalue weighted by molar-refractivity contribution is 5.65. The third-order valence-electron chi connectivity index (χ3n) is 1.00. The zero-order valence-corrected chi connectivity index (χ0v) is 4.07.